The number of amides is 2. The van der Waals surface area contributed by atoms with Crippen LogP contribution in [0.3, 0.4) is 0 Å². The number of rotatable bonds is 14. The smallest absolute Gasteiger partial charge is 0.337 e. The highest BCUT2D eigenvalue weighted by molar-refractivity contribution is 14.1. The second kappa shape index (κ2) is 16.4. The molecule has 12 nitrogen and oxygen atoms in total. The monoisotopic (exact) mass is 764 g/mol. The maximum absolute atomic E-state index is 12.5. The number of methoxy groups -OCH3 is 2. The van der Waals surface area contributed by atoms with Crippen molar-refractivity contribution in [2.75, 3.05) is 27.4 Å². The molecule has 0 saturated heterocycles. The van der Waals surface area contributed by atoms with E-state index in [-0.39, 0.29) is 12.2 Å². The fraction of sp³-hybridized carbons (Fsp3) is 0.281. The van der Waals surface area contributed by atoms with Gasteiger partial charge in [-0.15, -0.1) is 0 Å². The van der Waals surface area contributed by atoms with Crippen molar-refractivity contribution >= 4 is 52.4 Å². The Hall–Kier alpha value is -4.21. The molecule has 0 fully saturated rings. The van der Waals surface area contributed by atoms with Crippen LogP contribution in [0, 0.1) is 3.57 Å². The lowest BCUT2D eigenvalue weighted by molar-refractivity contribution is -0.136. The number of carbonyl (C=O) groups excluding carboxylic acids is 2. The second-order valence-electron chi connectivity index (χ2n) is 9.86. The van der Waals surface area contributed by atoms with Crippen LogP contribution in [-0.2, 0) is 16.1 Å². The number of benzene rings is 3. The zero-order valence-electron chi connectivity index (χ0n) is 25.6. The first-order valence-corrected chi connectivity index (χ1v) is 15.6. The van der Waals surface area contributed by atoms with Gasteiger partial charge in [0.2, 0.25) is 0 Å². The molecule has 3 aromatic rings. The molecule has 0 unspecified atom stereocenters. The van der Waals surface area contributed by atoms with E-state index in [1.54, 1.807) is 37.3 Å². The van der Waals surface area contributed by atoms with Gasteiger partial charge < -0.3 is 39.4 Å². The van der Waals surface area contributed by atoms with Crippen molar-refractivity contribution in [1.29, 1.82) is 0 Å². The molecule has 1 heterocycles. The van der Waals surface area contributed by atoms with Crippen LogP contribution >= 0.6 is 34.2 Å². The summed E-state index contributed by atoms with van der Waals surface area (Å²) in [7, 11) is 2.79. The SMILES string of the molecule is CCOc1cc([C@H]2NC(=O)NC(C)=C2C(=O)OC)ccc1OC[C@@H](O)N/N=C\c1cc(Cl)c(OCc2ccc(I)cc2)c(OC)c1. The minimum Gasteiger partial charge on any atom is -0.493 e. The van der Waals surface area contributed by atoms with Gasteiger partial charge in [-0.1, -0.05) is 29.8 Å². The fourth-order valence-corrected chi connectivity index (χ4v) is 5.14. The van der Waals surface area contributed by atoms with Crippen LogP contribution in [0.2, 0.25) is 5.02 Å². The maximum atomic E-state index is 12.5. The first kappa shape index (κ1) is 34.7. The molecule has 4 N–H and O–H groups in total. The molecule has 0 bridgehead atoms. The molecule has 0 spiro atoms. The summed E-state index contributed by atoms with van der Waals surface area (Å²) in [4.78, 5) is 24.6. The van der Waals surface area contributed by atoms with Gasteiger partial charge in [-0.2, -0.15) is 5.10 Å². The van der Waals surface area contributed by atoms with Crippen LogP contribution in [0.1, 0.15) is 36.6 Å². The van der Waals surface area contributed by atoms with Crippen LogP contribution in [0.15, 0.2) is 71.0 Å². The number of hydrogen-bond acceptors (Lipinski definition) is 10. The molecule has 0 radical (unpaired) electrons. The average Bonchev–Trinajstić information content (AvgIpc) is 3.03. The van der Waals surface area contributed by atoms with Gasteiger partial charge in [-0.05, 0) is 89.5 Å². The van der Waals surface area contributed by atoms with Crippen molar-refractivity contribution in [3.8, 4) is 23.0 Å². The summed E-state index contributed by atoms with van der Waals surface area (Å²) < 4.78 is 29.0. The standard InChI is InChI=1S/C32H34ClIN4O8/c1-5-44-25-14-21(29-28(31(40)43-4)18(2)36-32(41)37-29)8-11-24(25)45-17-27(39)38-35-15-20-12-23(33)30(26(13-20)42-3)46-16-19-6-9-22(34)10-7-19/h6-15,27,29,38-39H,5,16-17H2,1-4H3,(H2,36,37,41)/b35-15-/t27-,29-/m1/s1. The lowest BCUT2D eigenvalue weighted by Crippen LogP contribution is -2.45. The number of aliphatic hydroxyl groups excluding tert-OH is 1. The lowest BCUT2D eigenvalue weighted by atomic mass is 9.95. The highest BCUT2D eigenvalue weighted by Crippen LogP contribution is 2.37. The highest BCUT2D eigenvalue weighted by Gasteiger charge is 2.32. The molecule has 244 valence electrons. The van der Waals surface area contributed by atoms with E-state index < -0.39 is 24.3 Å². The van der Waals surface area contributed by atoms with Crippen LogP contribution < -0.4 is 35.0 Å². The number of urea groups is 1. The Morgan fingerprint density at radius 1 is 1.09 bits per heavy atom. The van der Waals surface area contributed by atoms with E-state index in [1.165, 1.54) is 20.4 Å². The fourth-order valence-electron chi connectivity index (χ4n) is 4.51. The van der Waals surface area contributed by atoms with E-state index in [0.29, 0.717) is 58.1 Å². The topological polar surface area (TPSA) is 149 Å². The predicted molar refractivity (Wildman–Crippen MR) is 180 cm³/mol. The Balaban J connectivity index is 1.38. The Labute approximate surface area is 285 Å². The van der Waals surface area contributed by atoms with Gasteiger partial charge in [0.05, 0.1) is 43.7 Å². The molecule has 14 heteroatoms. The van der Waals surface area contributed by atoms with E-state index in [0.717, 1.165) is 9.13 Å². The van der Waals surface area contributed by atoms with Gasteiger partial charge in [-0.3, -0.25) is 5.43 Å². The highest BCUT2D eigenvalue weighted by atomic mass is 127. The number of aliphatic hydroxyl groups is 1. The third-order valence-electron chi connectivity index (χ3n) is 6.66. The van der Waals surface area contributed by atoms with Crippen molar-refractivity contribution in [2.45, 2.75) is 32.7 Å². The number of ether oxygens (including phenoxy) is 5. The Morgan fingerprint density at radius 2 is 1.85 bits per heavy atom. The molecular weight excluding hydrogens is 731 g/mol. The van der Waals surface area contributed by atoms with Gasteiger partial charge in [0.25, 0.3) is 0 Å². The molecule has 2 amide bonds. The van der Waals surface area contributed by atoms with Crippen LogP contribution in [0.25, 0.3) is 0 Å². The van der Waals surface area contributed by atoms with E-state index in [1.807, 2.05) is 31.2 Å². The summed E-state index contributed by atoms with van der Waals surface area (Å²) >= 11 is 8.73. The molecule has 3 aromatic carbocycles. The zero-order chi connectivity index (χ0) is 33.2. The number of carbonyl (C=O) groups is 2. The molecule has 2 atom stereocenters. The normalized spacial score (nSPS) is 15.1. The summed E-state index contributed by atoms with van der Waals surface area (Å²) in [5.74, 6) is 0.965. The van der Waals surface area contributed by atoms with Gasteiger partial charge in [-0.25, -0.2) is 9.59 Å². The van der Waals surface area contributed by atoms with Crippen LogP contribution in [-0.4, -0.2) is 57.0 Å². The predicted octanol–water partition coefficient (Wildman–Crippen LogP) is 5.05. The van der Waals surface area contributed by atoms with Crippen molar-refractivity contribution < 1.29 is 38.4 Å². The Bertz CT molecular complexity index is 1620. The molecule has 0 aromatic heterocycles. The second-order valence-corrected chi connectivity index (χ2v) is 11.5. The van der Waals surface area contributed by atoms with E-state index >= 15 is 0 Å². The number of nitrogens with one attached hydrogen (secondary N) is 3. The zero-order valence-corrected chi connectivity index (χ0v) is 28.5. The minimum absolute atomic E-state index is 0.178. The molecular formula is C32H34ClIN4O8. The summed E-state index contributed by atoms with van der Waals surface area (Å²) in [6.45, 7) is 3.90. The average molecular weight is 765 g/mol. The first-order chi connectivity index (χ1) is 22.1. The first-order valence-electron chi connectivity index (χ1n) is 14.1. The summed E-state index contributed by atoms with van der Waals surface area (Å²) in [6.07, 6.45) is 0.294. The molecule has 46 heavy (non-hydrogen) atoms. The number of hydrogen-bond donors (Lipinski definition) is 4. The summed E-state index contributed by atoms with van der Waals surface area (Å²) in [5, 5.41) is 20.2. The van der Waals surface area contributed by atoms with Crippen LogP contribution in [0.5, 0.6) is 23.0 Å². The van der Waals surface area contributed by atoms with E-state index in [2.05, 4.69) is 43.8 Å². The third kappa shape index (κ3) is 8.95. The van der Waals surface area contributed by atoms with Gasteiger partial charge >= 0.3 is 12.0 Å². The number of hydrazone groups is 1. The van der Waals surface area contributed by atoms with Gasteiger partial charge in [0, 0.05) is 9.27 Å². The number of nitrogens with zero attached hydrogens (tertiary/aromatic N) is 1. The van der Waals surface area contributed by atoms with E-state index in [4.69, 9.17) is 35.3 Å². The quantitative estimate of drug-likeness (QED) is 0.0582. The molecule has 1 aliphatic rings. The molecule has 1 aliphatic heterocycles. The minimum atomic E-state index is -1.18. The number of allylic oxidation sites excluding steroid dienone is 1. The largest absolute Gasteiger partial charge is 0.493 e. The van der Waals surface area contributed by atoms with Gasteiger partial charge in [0.15, 0.2) is 29.2 Å². The van der Waals surface area contributed by atoms with Crippen molar-refractivity contribution in [3.63, 3.8) is 0 Å². The van der Waals surface area contributed by atoms with Gasteiger partial charge in [0.1, 0.15) is 13.2 Å². The van der Waals surface area contributed by atoms with Crippen molar-refractivity contribution in [1.82, 2.24) is 16.1 Å². The third-order valence-corrected chi connectivity index (χ3v) is 7.66. The Morgan fingerprint density at radius 3 is 2.54 bits per heavy atom. The van der Waals surface area contributed by atoms with Crippen molar-refractivity contribution in [2.24, 2.45) is 5.10 Å². The van der Waals surface area contributed by atoms with Crippen LogP contribution in [0.4, 0.5) is 4.79 Å². The number of halogens is 2. The molecule has 0 aliphatic carbocycles. The maximum Gasteiger partial charge on any atom is 0.337 e. The summed E-state index contributed by atoms with van der Waals surface area (Å²) in [5.41, 5.74) is 5.43. The van der Waals surface area contributed by atoms with E-state index in [9.17, 15) is 14.7 Å². The lowest BCUT2D eigenvalue weighted by Gasteiger charge is -2.28. The summed E-state index contributed by atoms with van der Waals surface area (Å²) in [6, 6.07) is 15.1. The molecule has 4 rings (SSSR count). The van der Waals surface area contributed by atoms with Crippen molar-refractivity contribution in [3.05, 3.63) is 91.2 Å². The Kier molecular flexibility index (Phi) is 12.3. The molecule has 0 saturated carbocycles. The number of esters is 1.